The van der Waals surface area contributed by atoms with E-state index in [2.05, 4.69) is 49.1 Å². The second-order valence-electron chi connectivity index (χ2n) is 4.04. The number of nitrogens with zero attached hydrogens (tertiary/aromatic N) is 1. The second-order valence-corrected chi connectivity index (χ2v) is 5.04. The van der Waals surface area contributed by atoms with Gasteiger partial charge >= 0.3 is 0 Å². The molecule has 0 saturated carbocycles. The van der Waals surface area contributed by atoms with E-state index < -0.39 is 0 Å². The lowest BCUT2D eigenvalue weighted by molar-refractivity contribution is 0.268. The van der Waals surface area contributed by atoms with E-state index in [9.17, 15) is 0 Å². The molecule has 1 rings (SSSR count). The molecule has 1 aromatic rings. The monoisotopic (exact) mass is 237 g/mol. The van der Waals surface area contributed by atoms with Crippen molar-refractivity contribution in [2.24, 2.45) is 0 Å². The van der Waals surface area contributed by atoms with Gasteiger partial charge in [-0.05, 0) is 32.3 Å². The van der Waals surface area contributed by atoms with E-state index >= 15 is 0 Å². The highest BCUT2D eigenvalue weighted by Crippen LogP contribution is 2.18. The van der Waals surface area contributed by atoms with Crippen LogP contribution in [0.15, 0.2) is 11.4 Å². The summed E-state index contributed by atoms with van der Waals surface area (Å²) in [6.45, 7) is 5.45. The van der Waals surface area contributed by atoms with E-state index in [1.165, 1.54) is 4.88 Å². The molecule has 0 aliphatic heterocycles. The summed E-state index contributed by atoms with van der Waals surface area (Å²) in [4.78, 5) is 3.60. The molecule has 0 spiro atoms. The Labute approximate surface area is 102 Å². The summed E-state index contributed by atoms with van der Waals surface area (Å²) >= 11 is 1.75. The van der Waals surface area contributed by atoms with Crippen LogP contribution < -0.4 is 0 Å². The van der Waals surface area contributed by atoms with E-state index in [0.717, 1.165) is 12.1 Å². The van der Waals surface area contributed by atoms with E-state index in [0.29, 0.717) is 12.5 Å². The average molecular weight is 237 g/mol. The van der Waals surface area contributed by atoms with Crippen molar-refractivity contribution >= 4 is 11.3 Å². The van der Waals surface area contributed by atoms with Crippen LogP contribution in [0.5, 0.6) is 0 Å². The molecule has 1 N–H and O–H groups in total. The molecule has 0 aromatic carbocycles. The van der Waals surface area contributed by atoms with Crippen LogP contribution in [-0.2, 0) is 6.54 Å². The topological polar surface area (TPSA) is 23.5 Å². The maximum absolute atomic E-state index is 8.67. The highest BCUT2D eigenvalue weighted by Gasteiger charge is 2.08. The van der Waals surface area contributed by atoms with Gasteiger partial charge in [0, 0.05) is 29.4 Å². The number of hydrogen-bond acceptors (Lipinski definition) is 3. The van der Waals surface area contributed by atoms with E-state index in [1.54, 1.807) is 11.3 Å². The summed E-state index contributed by atoms with van der Waals surface area (Å²) in [6, 6.07) is 2.60. The Morgan fingerprint density at radius 2 is 2.25 bits per heavy atom. The summed E-state index contributed by atoms with van der Waals surface area (Å²) in [7, 11) is 2.12. The molecule has 16 heavy (non-hydrogen) atoms. The molecule has 0 aliphatic carbocycles. The predicted octanol–water partition coefficient (Wildman–Crippen LogP) is 2.32. The first-order valence-corrected chi connectivity index (χ1v) is 6.39. The van der Waals surface area contributed by atoms with Crippen LogP contribution in [0.2, 0.25) is 0 Å². The molecule has 0 unspecified atom stereocenters. The largest absolute Gasteiger partial charge is 0.395 e. The fourth-order valence-corrected chi connectivity index (χ4v) is 2.09. The first kappa shape index (κ1) is 13.2. The molecular formula is C13H19NOS. The Hall–Kier alpha value is -0.820. The maximum Gasteiger partial charge on any atom is 0.0540 e. The lowest BCUT2D eigenvalue weighted by Gasteiger charge is -2.20. The average Bonchev–Trinajstić information content (AvgIpc) is 2.66. The highest BCUT2D eigenvalue weighted by atomic mass is 32.1. The van der Waals surface area contributed by atoms with Gasteiger partial charge in [0.2, 0.25) is 0 Å². The van der Waals surface area contributed by atoms with Crippen molar-refractivity contribution in [2.75, 3.05) is 13.7 Å². The zero-order valence-electron chi connectivity index (χ0n) is 10.2. The van der Waals surface area contributed by atoms with Crippen LogP contribution in [0.4, 0.5) is 0 Å². The van der Waals surface area contributed by atoms with Crippen molar-refractivity contribution in [3.8, 4) is 11.8 Å². The van der Waals surface area contributed by atoms with E-state index in [4.69, 9.17) is 5.11 Å². The third-order valence-corrected chi connectivity index (χ3v) is 3.39. The molecule has 0 bridgehead atoms. The molecule has 1 aromatic heterocycles. The summed E-state index contributed by atoms with van der Waals surface area (Å²) < 4.78 is 0. The molecular weight excluding hydrogens is 218 g/mol. The van der Waals surface area contributed by atoms with Gasteiger partial charge in [-0.3, -0.25) is 4.90 Å². The Balaban J connectivity index is 2.68. The molecule has 2 nitrogen and oxygen atoms in total. The number of aliphatic hydroxyl groups is 1. The van der Waals surface area contributed by atoms with Crippen molar-refractivity contribution in [1.82, 2.24) is 4.90 Å². The predicted molar refractivity (Wildman–Crippen MR) is 69.5 cm³/mol. The van der Waals surface area contributed by atoms with Crippen LogP contribution in [0.25, 0.3) is 0 Å². The Morgan fingerprint density at radius 1 is 1.50 bits per heavy atom. The molecule has 3 heteroatoms. The first-order valence-electron chi connectivity index (χ1n) is 5.51. The highest BCUT2D eigenvalue weighted by molar-refractivity contribution is 7.10. The Morgan fingerprint density at radius 3 is 2.88 bits per heavy atom. The zero-order valence-corrected chi connectivity index (χ0v) is 11.0. The number of aliphatic hydroxyl groups excluding tert-OH is 1. The smallest absolute Gasteiger partial charge is 0.0540 e. The number of hydrogen-bond donors (Lipinski definition) is 1. The molecule has 0 fully saturated rings. The quantitative estimate of drug-likeness (QED) is 0.812. The zero-order chi connectivity index (χ0) is 12.0. The first-order chi connectivity index (χ1) is 7.65. The van der Waals surface area contributed by atoms with Crippen molar-refractivity contribution in [1.29, 1.82) is 0 Å². The molecule has 0 saturated heterocycles. The van der Waals surface area contributed by atoms with Gasteiger partial charge in [0.1, 0.15) is 0 Å². The molecule has 0 aliphatic rings. The molecule has 0 atom stereocenters. The van der Waals surface area contributed by atoms with Gasteiger partial charge in [0.15, 0.2) is 0 Å². The minimum Gasteiger partial charge on any atom is -0.395 e. The summed E-state index contributed by atoms with van der Waals surface area (Å²) in [5, 5.41) is 10.8. The van der Waals surface area contributed by atoms with Crippen molar-refractivity contribution in [2.45, 2.75) is 32.9 Å². The standard InChI is InChI=1S/C13H19NOS/c1-11(2)14(3)10-13-12(7-9-16-13)6-4-5-8-15/h7,9,11,15H,5,8,10H2,1-3H3. The molecule has 88 valence electrons. The Kier molecular flexibility index (Phi) is 5.54. The van der Waals surface area contributed by atoms with Crippen molar-refractivity contribution in [3.63, 3.8) is 0 Å². The van der Waals surface area contributed by atoms with Crippen LogP contribution in [0.3, 0.4) is 0 Å². The van der Waals surface area contributed by atoms with Crippen LogP contribution in [-0.4, -0.2) is 29.7 Å². The van der Waals surface area contributed by atoms with Gasteiger partial charge in [0.05, 0.1) is 6.61 Å². The molecule has 0 radical (unpaired) electrons. The van der Waals surface area contributed by atoms with E-state index in [-0.39, 0.29) is 6.61 Å². The molecule has 1 heterocycles. The maximum atomic E-state index is 8.67. The van der Waals surface area contributed by atoms with Gasteiger partial charge < -0.3 is 5.11 Å². The van der Waals surface area contributed by atoms with E-state index in [1.807, 2.05) is 0 Å². The number of rotatable bonds is 4. The third kappa shape index (κ3) is 3.97. The molecule has 0 amide bonds. The van der Waals surface area contributed by atoms with Crippen LogP contribution in [0.1, 0.15) is 30.7 Å². The van der Waals surface area contributed by atoms with Gasteiger partial charge in [0.25, 0.3) is 0 Å². The van der Waals surface area contributed by atoms with Gasteiger partial charge in [-0.1, -0.05) is 11.8 Å². The number of thiophene rings is 1. The third-order valence-electron chi connectivity index (χ3n) is 2.48. The minimum absolute atomic E-state index is 0.137. The normalized spacial score (nSPS) is 10.6. The Bertz CT molecular complexity index is 373. The van der Waals surface area contributed by atoms with Crippen molar-refractivity contribution < 1.29 is 5.11 Å². The van der Waals surface area contributed by atoms with Gasteiger partial charge in [-0.15, -0.1) is 11.3 Å². The second kappa shape index (κ2) is 6.70. The van der Waals surface area contributed by atoms with Gasteiger partial charge in [-0.25, -0.2) is 0 Å². The summed E-state index contributed by atoms with van der Waals surface area (Å²) in [5.74, 6) is 6.08. The lowest BCUT2D eigenvalue weighted by Crippen LogP contribution is -2.25. The van der Waals surface area contributed by atoms with Crippen LogP contribution >= 0.6 is 11.3 Å². The summed E-state index contributed by atoms with van der Waals surface area (Å²) in [5.41, 5.74) is 1.10. The van der Waals surface area contributed by atoms with Gasteiger partial charge in [-0.2, -0.15) is 0 Å². The van der Waals surface area contributed by atoms with Crippen LogP contribution in [0, 0.1) is 11.8 Å². The minimum atomic E-state index is 0.137. The summed E-state index contributed by atoms with van der Waals surface area (Å²) in [6.07, 6.45) is 0.551. The fourth-order valence-electron chi connectivity index (χ4n) is 1.20. The SMILES string of the molecule is CC(C)N(C)Cc1sccc1C#CCCO. The fraction of sp³-hybridized carbons (Fsp3) is 0.538. The lowest BCUT2D eigenvalue weighted by atomic mass is 10.2. The van der Waals surface area contributed by atoms with Crippen molar-refractivity contribution in [3.05, 3.63) is 21.9 Å².